The van der Waals surface area contributed by atoms with Crippen molar-refractivity contribution in [2.45, 2.75) is 17.8 Å². The molecular weight excluding hydrogens is 592 g/mol. The molecule has 0 fully saturated rings. The van der Waals surface area contributed by atoms with Crippen molar-refractivity contribution in [1.82, 2.24) is 0 Å². The zero-order chi connectivity index (χ0) is 21.0. The van der Waals surface area contributed by atoms with Gasteiger partial charge in [0, 0.05) is 0 Å². The summed E-state index contributed by atoms with van der Waals surface area (Å²) in [6.07, 6.45) is 0. The lowest BCUT2D eigenvalue weighted by atomic mass is 9.94. The summed E-state index contributed by atoms with van der Waals surface area (Å²) in [4.78, 5) is 34.7. The van der Waals surface area contributed by atoms with Gasteiger partial charge in [-0.1, -0.05) is 92.8 Å². The van der Waals surface area contributed by atoms with Gasteiger partial charge in [0.05, 0.1) is 5.41 Å². The highest BCUT2D eigenvalue weighted by atomic mass is 79.9. The second kappa shape index (κ2) is 10.3. The van der Waals surface area contributed by atoms with Gasteiger partial charge in [0.15, 0.2) is 0 Å². The first-order chi connectivity index (χ1) is 11.4. The number of halogens is 9. The minimum absolute atomic E-state index is 0.473. The Labute approximate surface area is 197 Å². The molecule has 0 rings (SSSR count). The van der Waals surface area contributed by atoms with E-state index in [0.717, 1.165) is 0 Å². The molecule has 0 aliphatic rings. The molecule has 152 valence electrons. The third-order valence-corrected chi connectivity index (χ3v) is 3.91. The normalized spacial score (nSPS) is 13.2. The summed E-state index contributed by atoms with van der Waals surface area (Å²) in [6.45, 7) is -0.0745. The van der Waals surface area contributed by atoms with Crippen LogP contribution in [0.5, 0.6) is 0 Å². The average Bonchev–Trinajstić information content (AvgIpc) is 2.45. The first kappa shape index (κ1) is 27.2. The minimum atomic E-state index is -2.34. The fraction of sp³-hybridized carbons (Fsp3) is 0.727. The molecule has 0 heterocycles. The Bertz CT molecular complexity index is 464. The lowest BCUT2D eigenvalue weighted by Gasteiger charge is -2.29. The van der Waals surface area contributed by atoms with E-state index in [1.54, 1.807) is 0 Å². The first-order valence-corrected chi connectivity index (χ1v) is 9.92. The summed E-state index contributed by atoms with van der Waals surface area (Å²) in [6, 6.07) is 0. The second-order valence-electron chi connectivity index (χ2n) is 5.03. The topological polar surface area (TPSA) is 78.9 Å². The maximum Gasteiger partial charge on any atom is 0.358 e. The lowest BCUT2D eigenvalue weighted by Crippen LogP contribution is -2.40. The van der Waals surface area contributed by atoms with Crippen LogP contribution < -0.4 is 0 Å². The monoisotopic (exact) mass is 596 g/mol. The van der Waals surface area contributed by atoms with Crippen molar-refractivity contribution < 1.29 is 28.6 Å². The maximum atomic E-state index is 11.6. The summed E-state index contributed by atoms with van der Waals surface area (Å²) < 4.78 is 7.80. The Morgan fingerprint density at radius 2 is 0.962 bits per heavy atom. The molecular formula is C11H9BrCl8O6. The molecule has 0 saturated heterocycles. The molecule has 0 aromatic heterocycles. The van der Waals surface area contributed by atoms with E-state index in [2.05, 4.69) is 15.9 Å². The maximum absolute atomic E-state index is 11.6. The van der Waals surface area contributed by atoms with Crippen molar-refractivity contribution in [2.75, 3.05) is 19.8 Å². The molecule has 0 bridgehead atoms. The number of esters is 3. The van der Waals surface area contributed by atoms with Crippen LogP contribution in [-0.2, 0) is 28.6 Å². The van der Waals surface area contributed by atoms with Crippen molar-refractivity contribution >= 4 is 127 Å². The van der Waals surface area contributed by atoms with E-state index in [1.165, 1.54) is 6.92 Å². The van der Waals surface area contributed by atoms with E-state index >= 15 is 0 Å². The Morgan fingerprint density at radius 3 is 1.19 bits per heavy atom. The number of carbonyl (C=O) groups is 3. The van der Waals surface area contributed by atoms with E-state index in [4.69, 9.17) is 107 Å². The van der Waals surface area contributed by atoms with Crippen molar-refractivity contribution in [2.24, 2.45) is 5.41 Å². The van der Waals surface area contributed by atoms with Gasteiger partial charge in [-0.25, -0.2) is 14.4 Å². The number of carbonyl (C=O) groups excluding carboxylic acids is 3. The lowest BCUT2D eigenvalue weighted by molar-refractivity contribution is -0.159. The molecule has 0 atom stereocenters. The van der Waals surface area contributed by atoms with Crippen molar-refractivity contribution in [3.05, 3.63) is 0 Å². The van der Waals surface area contributed by atoms with E-state index in [-0.39, 0.29) is 0 Å². The van der Waals surface area contributed by atoms with E-state index in [0.29, 0.717) is 0 Å². The van der Waals surface area contributed by atoms with Crippen molar-refractivity contribution in [3.63, 3.8) is 0 Å². The molecule has 0 unspecified atom stereocenters. The van der Waals surface area contributed by atoms with Gasteiger partial charge in [0.25, 0.3) is 10.8 Å². The van der Waals surface area contributed by atoms with Crippen LogP contribution >= 0.6 is 109 Å². The molecule has 26 heavy (non-hydrogen) atoms. The molecule has 0 N–H and O–H groups in total. The van der Waals surface area contributed by atoms with Gasteiger partial charge in [-0.2, -0.15) is 0 Å². The van der Waals surface area contributed by atoms with Crippen LogP contribution in [0.2, 0.25) is 0 Å². The molecule has 0 aromatic carbocycles. The number of hydrogen-bond acceptors (Lipinski definition) is 6. The van der Waals surface area contributed by atoms with Crippen molar-refractivity contribution in [3.8, 4) is 0 Å². The Morgan fingerprint density at radius 1 is 0.692 bits per heavy atom. The SMILES string of the molecule is CC(COC(=O)C(Cl)(Cl)Cl)(COC(=O)C(Cl)(Cl)Cl)COC(=O)C(Cl)(Cl)Br. The van der Waals surface area contributed by atoms with Gasteiger partial charge in [-0.15, -0.1) is 0 Å². The van der Waals surface area contributed by atoms with Gasteiger partial charge in [-0.05, 0) is 22.9 Å². The molecule has 0 aliphatic heterocycles. The Hall–Kier alpha value is 1.21. The second-order valence-corrected chi connectivity index (χ2v) is 13.0. The fourth-order valence-electron chi connectivity index (χ4n) is 1.09. The highest BCUT2D eigenvalue weighted by Crippen LogP contribution is 2.33. The number of rotatable bonds is 7. The summed E-state index contributed by atoms with van der Waals surface area (Å²) >= 11 is 46.0. The Balaban J connectivity index is 5.10. The van der Waals surface area contributed by atoms with Crippen LogP contribution in [0, 0.1) is 5.41 Å². The molecule has 0 radical (unpaired) electrons. The van der Waals surface area contributed by atoms with Gasteiger partial charge in [-0.3, -0.25) is 0 Å². The van der Waals surface area contributed by atoms with Crippen molar-refractivity contribution in [1.29, 1.82) is 0 Å². The van der Waals surface area contributed by atoms with Crippen LogP contribution in [0.1, 0.15) is 6.92 Å². The zero-order valence-corrected chi connectivity index (χ0v) is 20.1. The smallest absolute Gasteiger partial charge is 0.358 e. The third kappa shape index (κ3) is 10.7. The molecule has 0 aromatic rings. The summed E-state index contributed by atoms with van der Waals surface area (Å²) in [5, 5.41) is 0. The largest absolute Gasteiger partial charge is 0.462 e. The number of alkyl halides is 9. The number of ether oxygens (including phenoxy) is 3. The van der Waals surface area contributed by atoms with Crippen LogP contribution in [-0.4, -0.2) is 48.6 Å². The summed E-state index contributed by atoms with van der Waals surface area (Å²) in [7, 11) is 0. The van der Waals surface area contributed by atoms with E-state index in [1.807, 2.05) is 0 Å². The highest BCUT2D eigenvalue weighted by Gasteiger charge is 2.40. The third-order valence-electron chi connectivity index (χ3n) is 2.35. The van der Waals surface area contributed by atoms with Crippen LogP contribution in [0.3, 0.4) is 0 Å². The molecule has 15 heteroatoms. The number of hydrogen-bond donors (Lipinski definition) is 0. The van der Waals surface area contributed by atoms with Gasteiger partial charge in [0.1, 0.15) is 19.8 Å². The molecule has 6 nitrogen and oxygen atoms in total. The standard InChI is InChI=1S/C11H9BrCl8O6/c1-8(2-24-5(21)9(12,13)14,3-25-6(22)10(15,16)17)4-26-7(23)11(18,19)20/h2-4H2,1H3. The predicted octanol–water partition coefficient (Wildman–Crippen LogP) is 4.89. The highest BCUT2D eigenvalue weighted by molar-refractivity contribution is 9.11. The first-order valence-electron chi connectivity index (χ1n) is 6.10. The summed E-state index contributed by atoms with van der Waals surface area (Å²) in [5.74, 6) is -3.50. The minimum Gasteiger partial charge on any atom is -0.462 e. The van der Waals surface area contributed by atoms with Crippen LogP contribution in [0.25, 0.3) is 0 Å². The average molecular weight is 601 g/mol. The van der Waals surface area contributed by atoms with Gasteiger partial charge >= 0.3 is 17.9 Å². The van der Waals surface area contributed by atoms with Crippen LogP contribution in [0.4, 0.5) is 0 Å². The van der Waals surface area contributed by atoms with Gasteiger partial charge < -0.3 is 14.2 Å². The van der Waals surface area contributed by atoms with Crippen LogP contribution in [0.15, 0.2) is 0 Å². The molecule has 0 saturated carbocycles. The van der Waals surface area contributed by atoms with E-state index < -0.39 is 54.0 Å². The quantitative estimate of drug-likeness (QED) is 0.235. The Kier molecular flexibility index (Phi) is 10.8. The molecule has 0 aliphatic carbocycles. The fourth-order valence-corrected chi connectivity index (χ4v) is 1.64. The summed E-state index contributed by atoms with van der Waals surface area (Å²) in [5.41, 5.74) is -1.32. The predicted molar refractivity (Wildman–Crippen MR) is 105 cm³/mol. The van der Waals surface area contributed by atoms with Gasteiger partial charge in [0.2, 0.25) is 0 Å². The molecule has 0 spiro atoms. The zero-order valence-electron chi connectivity index (χ0n) is 12.5. The molecule has 0 amide bonds. The van der Waals surface area contributed by atoms with E-state index in [9.17, 15) is 14.4 Å².